The van der Waals surface area contributed by atoms with E-state index in [-0.39, 0.29) is 5.97 Å². The van der Waals surface area contributed by atoms with Crippen LogP contribution in [-0.4, -0.2) is 18.1 Å². The summed E-state index contributed by atoms with van der Waals surface area (Å²) >= 11 is 0. The van der Waals surface area contributed by atoms with E-state index in [0.717, 1.165) is 12.3 Å². The third-order valence-electron chi connectivity index (χ3n) is 3.12. The molecule has 0 bridgehead atoms. The van der Waals surface area contributed by atoms with Gasteiger partial charge in [-0.2, -0.15) is 0 Å². The fourth-order valence-electron chi connectivity index (χ4n) is 1.41. The summed E-state index contributed by atoms with van der Waals surface area (Å²) in [5, 5.41) is 0. The van der Waals surface area contributed by atoms with Crippen molar-refractivity contribution < 1.29 is 9.53 Å². The van der Waals surface area contributed by atoms with Crippen LogP contribution in [0, 0.1) is 5.92 Å². The standard InChI is InChI=1S/C11H21NO2/c1-3-11(12,4-2)10(13)14-8-7-9-5-6-9/h9H,3-8,12H2,1-2H3. The zero-order chi connectivity index (χ0) is 10.6. The number of carbonyl (C=O) groups is 1. The topological polar surface area (TPSA) is 52.3 Å². The summed E-state index contributed by atoms with van der Waals surface area (Å²) in [6.45, 7) is 4.39. The minimum Gasteiger partial charge on any atom is -0.464 e. The molecule has 0 spiro atoms. The van der Waals surface area contributed by atoms with Gasteiger partial charge in [0, 0.05) is 0 Å². The molecule has 82 valence electrons. The molecule has 1 rings (SSSR count). The van der Waals surface area contributed by atoms with Crippen molar-refractivity contribution >= 4 is 5.97 Å². The second kappa shape index (κ2) is 4.78. The third-order valence-corrected chi connectivity index (χ3v) is 3.12. The average molecular weight is 199 g/mol. The summed E-state index contributed by atoms with van der Waals surface area (Å²) in [5.74, 6) is 0.571. The fourth-order valence-corrected chi connectivity index (χ4v) is 1.41. The zero-order valence-electron chi connectivity index (χ0n) is 9.21. The average Bonchev–Trinajstić information content (AvgIpc) is 3.00. The first-order valence-electron chi connectivity index (χ1n) is 5.58. The van der Waals surface area contributed by atoms with E-state index < -0.39 is 5.54 Å². The van der Waals surface area contributed by atoms with Gasteiger partial charge < -0.3 is 10.5 Å². The molecule has 3 nitrogen and oxygen atoms in total. The Morgan fingerprint density at radius 3 is 2.43 bits per heavy atom. The van der Waals surface area contributed by atoms with Crippen LogP contribution in [0.1, 0.15) is 46.0 Å². The normalized spacial score (nSPS) is 16.8. The molecule has 0 radical (unpaired) electrons. The number of hydrogen-bond donors (Lipinski definition) is 1. The van der Waals surface area contributed by atoms with Gasteiger partial charge in [-0.1, -0.05) is 26.7 Å². The number of hydrogen-bond acceptors (Lipinski definition) is 3. The molecule has 0 aliphatic heterocycles. The number of rotatable bonds is 6. The Balaban J connectivity index is 2.23. The molecular formula is C11H21NO2. The summed E-state index contributed by atoms with van der Waals surface area (Å²) in [4.78, 5) is 11.6. The monoisotopic (exact) mass is 199 g/mol. The third kappa shape index (κ3) is 2.98. The molecule has 2 N–H and O–H groups in total. The van der Waals surface area contributed by atoms with Crippen LogP contribution >= 0.6 is 0 Å². The van der Waals surface area contributed by atoms with E-state index in [1.807, 2.05) is 13.8 Å². The highest BCUT2D eigenvalue weighted by atomic mass is 16.5. The maximum Gasteiger partial charge on any atom is 0.326 e. The lowest BCUT2D eigenvalue weighted by Crippen LogP contribution is -2.48. The van der Waals surface area contributed by atoms with Gasteiger partial charge in [-0.05, 0) is 25.2 Å². The molecule has 1 saturated carbocycles. The van der Waals surface area contributed by atoms with Gasteiger partial charge in [0.05, 0.1) is 6.61 Å². The smallest absolute Gasteiger partial charge is 0.326 e. The van der Waals surface area contributed by atoms with Crippen molar-refractivity contribution in [2.45, 2.75) is 51.5 Å². The van der Waals surface area contributed by atoms with Crippen molar-refractivity contribution in [2.24, 2.45) is 11.7 Å². The fraction of sp³-hybridized carbons (Fsp3) is 0.909. The van der Waals surface area contributed by atoms with Crippen LogP contribution in [0.4, 0.5) is 0 Å². The Morgan fingerprint density at radius 1 is 1.43 bits per heavy atom. The van der Waals surface area contributed by atoms with E-state index in [1.54, 1.807) is 0 Å². The van der Waals surface area contributed by atoms with Gasteiger partial charge >= 0.3 is 5.97 Å². The molecule has 0 aromatic rings. The van der Waals surface area contributed by atoms with Crippen molar-refractivity contribution in [3.05, 3.63) is 0 Å². The van der Waals surface area contributed by atoms with Crippen molar-refractivity contribution in [1.29, 1.82) is 0 Å². The summed E-state index contributed by atoms with van der Waals surface area (Å²) in [7, 11) is 0. The highest BCUT2D eigenvalue weighted by molar-refractivity contribution is 5.80. The van der Waals surface area contributed by atoms with Gasteiger partial charge in [-0.3, -0.25) is 4.79 Å². The van der Waals surface area contributed by atoms with Gasteiger partial charge in [0.15, 0.2) is 0 Å². The molecule has 1 aliphatic rings. The Labute approximate surface area is 86.0 Å². The van der Waals surface area contributed by atoms with Crippen molar-refractivity contribution in [3.63, 3.8) is 0 Å². The zero-order valence-corrected chi connectivity index (χ0v) is 9.21. The summed E-state index contributed by atoms with van der Waals surface area (Å²) in [5.41, 5.74) is 5.14. The minimum absolute atomic E-state index is 0.233. The maximum atomic E-state index is 11.6. The summed E-state index contributed by atoms with van der Waals surface area (Å²) < 4.78 is 5.18. The molecule has 0 aromatic carbocycles. The molecule has 1 fully saturated rings. The number of nitrogens with two attached hydrogens (primary N) is 1. The summed E-state index contributed by atoms with van der Waals surface area (Å²) in [6.07, 6.45) is 4.90. The highest BCUT2D eigenvalue weighted by Crippen LogP contribution is 2.32. The van der Waals surface area contributed by atoms with Gasteiger partial charge in [-0.15, -0.1) is 0 Å². The molecule has 0 aromatic heterocycles. The lowest BCUT2D eigenvalue weighted by molar-refractivity contribution is -0.150. The van der Waals surface area contributed by atoms with Gasteiger partial charge in [0.2, 0.25) is 0 Å². The van der Waals surface area contributed by atoms with E-state index >= 15 is 0 Å². The van der Waals surface area contributed by atoms with Crippen LogP contribution in [0.15, 0.2) is 0 Å². The quantitative estimate of drug-likeness (QED) is 0.664. The first kappa shape index (κ1) is 11.5. The van der Waals surface area contributed by atoms with E-state index in [2.05, 4.69) is 0 Å². The van der Waals surface area contributed by atoms with E-state index in [9.17, 15) is 4.79 Å². The molecule has 0 amide bonds. The Morgan fingerprint density at radius 2 is 2.00 bits per heavy atom. The van der Waals surface area contributed by atoms with E-state index in [1.165, 1.54) is 12.8 Å². The maximum absolute atomic E-state index is 11.6. The highest BCUT2D eigenvalue weighted by Gasteiger charge is 2.32. The van der Waals surface area contributed by atoms with Gasteiger partial charge in [0.25, 0.3) is 0 Å². The van der Waals surface area contributed by atoms with Crippen LogP contribution in [0.3, 0.4) is 0 Å². The molecule has 1 aliphatic carbocycles. The molecule has 3 heteroatoms. The van der Waals surface area contributed by atoms with Crippen molar-refractivity contribution in [3.8, 4) is 0 Å². The lowest BCUT2D eigenvalue weighted by Gasteiger charge is -2.23. The van der Waals surface area contributed by atoms with Crippen molar-refractivity contribution in [2.75, 3.05) is 6.61 Å². The molecule has 0 unspecified atom stereocenters. The Bertz CT molecular complexity index is 195. The van der Waals surface area contributed by atoms with Crippen LogP contribution in [0.2, 0.25) is 0 Å². The van der Waals surface area contributed by atoms with E-state index in [0.29, 0.717) is 19.4 Å². The Kier molecular flexibility index (Phi) is 3.93. The van der Waals surface area contributed by atoms with Crippen LogP contribution < -0.4 is 5.73 Å². The first-order valence-corrected chi connectivity index (χ1v) is 5.58. The van der Waals surface area contributed by atoms with Gasteiger partial charge in [0.1, 0.15) is 5.54 Å². The molecule has 0 atom stereocenters. The second-order valence-corrected chi connectivity index (χ2v) is 4.23. The number of carbonyl (C=O) groups excluding carboxylic acids is 1. The molecule has 0 saturated heterocycles. The number of ether oxygens (including phenoxy) is 1. The molecular weight excluding hydrogens is 178 g/mol. The number of esters is 1. The van der Waals surface area contributed by atoms with Crippen LogP contribution in [-0.2, 0) is 9.53 Å². The predicted octanol–water partition coefficient (Wildman–Crippen LogP) is 1.85. The molecule has 14 heavy (non-hydrogen) atoms. The first-order chi connectivity index (χ1) is 6.62. The molecule has 0 heterocycles. The minimum atomic E-state index is -0.760. The van der Waals surface area contributed by atoms with Crippen molar-refractivity contribution in [1.82, 2.24) is 0 Å². The Hall–Kier alpha value is -0.570. The predicted molar refractivity (Wildman–Crippen MR) is 55.8 cm³/mol. The second-order valence-electron chi connectivity index (χ2n) is 4.23. The summed E-state index contributed by atoms with van der Waals surface area (Å²) in [6, 6.07) is 0. The largest absolute Gasteiger partial charge is 0.464 e. The lowest BCUT2D eigenvalue weighted by atomic mass is 9.95. The van der Waals surface area contributed by atoms with E-state index in [4.69, 9.17) is 10.5 Å². The van der Waals surface area contributed by atoms with Crippen LogP contribution in [0.25, 0.3) is 0 Å². The van der Waals surface area contributed by atoms with Gasteiger partial charge in [-0.25, -0.2) is 0 Å². The van der Waals surface area contributed by atoms with Crippen LogP contribution in [0.5, 0.6) is 0 Å². The SMILES string of the molecule is CCC(N)(CC)C(=O)OCCC1CC1.